The largest absolute Gasteiger partial charge is 0.368 e. The van der Waals surface area contributed by atoms with Crippen LogP contribution in [0.2, 0.25) is 0 Å². The van der Waals surface area contributed by atoms with Gasteiger partial charge in [-0.25, -0.2) is 4.98 Å². The second-order valence-electron chi connectivity index (χ2n) is 3.49. The van der Waals surface area contributed by atoms with Crippen molar-refractivity contribution in [1.82, 2.24) is 4.98 Å². The molecular weight excluding hydrogens is 192 g/mol. The molecule has 0 unspecified atom stereocenters. The summed E-state index contributed by atoms with van der Waals surface area (Å²) in [5.41, 5.74) is 1.34. The van der Waals surface area contributed by atoms with Crippen LogP contribution in [-0.4, -0.2) is 16.8 Å². The number of pyridine rings is 1. The third-order valence-corrected chi connectivity index (χ3v) is 2.68. The number of thioether (sulfide) groups is 1. The lowest BCUT2D eigenvalue weighted by Gasteiger charge is -2.09. The Balaban J connectivity index is 2.59. The third kappa shape index (κ3) is 4.01. The van der Waals surface area contributed by atoms with Crippen LogP contribution >= 0.6 is 11.8 Å². The van der Waals surface area contributed by atoms with Crippen LogP contribution in [0.4, 0.5) is 5.82 Å². The minimum Gasteiger partial charge on any atom is -0.368 e. The second-order valence-corrected chi connectivity index (χ2v) is 4.76. The molecule has 0 saturated heterocycles. The summed E-state index contributed by atoms with van der Waals surface area (Å²) in [6, 6.07) is 4.65. The van der Waals surface area contributed by atoms with Gasteiger partial charge in [0.25, 0.3) is 0 Å². The Bertz CT molecular complexity index is 274. The molecule has 1 aromatic rings. The minimum absolute atomic E-state index is 0.441. The predicted molar refractivity (Wildman–Crippen MR) is 64.8 cm³/mol. The highest BCUT2D eigenvalue weighted by Crippen LogP contribution is 2.14. The summed E-state index contributed by atoms with van der Waals surface area (Å²) in [7, 11) is 0. The normalized spacial score (nSPS) is 10.6. The van der Waals surface area contributed by atoms with E-state index in [1.54, 1.807) is 0 Å². The van der Waals surface area contributed by atoms with Gasteiger partial charge >= 0.3 is 0 Å². The highest BCUT2D eigenvalue weighted by atomic mass is 32.2. The van der Waals surface area contributed by atoms with Gasteiger partial charge in [-0.1, -0.05) is 6.92 Å². The van der Waals surface area contributed by atoms with Crippen molar-refractivity contribution in [2.24, 2.45) is 0 Å². The average molecular weight is 210 g/mol. The molecule has 2 nitrogen and oxygen atoms in total. The Hall–Kier alpha value is -0.700. The summed E-state index contributed by atoms with van der Waals surface area (Å²) in [5, 5.41) is 3.30. The van der Waals surface area contributed by atoms with Crippen molar-refractivity contribution in [3.63, 3.8) is 0 Å². The number of nitrogens with one attached hydrogen (secondary N) is 1. The molecule has 0 atom stereocenters. The van der Waals surface area contributed by atoms with Crippen molar-refractivity contribution in [3.05, 3.63) is 23.9 Å². The zero-order valence-electron chi connectivity index (χ0n) is 9.08. The summed E-state index contributed by atoms with van der Waals surface area (Å²) in [5.74, 6) is 3.22. The van der Waals surface area contributed by atoms with Crippen molar-refractivity contribution in [3.8, 4) is 0 Å². The van der Waals surface area contributed by atoms with Gasteiger partial charge in [0.2, 0.25) is 0 Å². The zero-order valence-corrected chi connectivity index (χ0v) is 9.90. The van der Waals surface area contributed by atoms with E-state index in [-0.39, 0.29) is 0 Å². The number of hydrogen-bond donors (Lipinski definition) is 1. The lowest BCUT2D eigenvalue weighted by molar-refractivity contribution is 0.888. The van der Waals surface area contributed by atoms with Crippen LogP contribution in [0.5, 0.6) is 0 Å². The van der Waals surface area contributed by atoms with E-state index < -0.39 is 0 Å². The lowest BCUT2D eigenvalue weighted by atomic mass is 10.3. The number of anilines is 1. The Morgan fingerprint density at radius 1 is 1.50 bits per heavy atom. The zero-order chi connectivity index (χ0) is 10.4. The van der Waals surface area contributed by atoms with Gasteiger partial charge in [-0.05, 0) is 37.3 Å². The fourth-order valence-electron chi connectivity index (χ4n) is 1.16. The van der Waals surface area contributed by atoms with E-state index in [0.717, 1.165) is 17.3 Å². The predicted octanol–water partition coefficient (Wildman–Crippen LogP) is 3.16. The highest BCUT2D eigenvalue weighted by molar-refractivity contribution is 7.98. The van der Waals surface area contributed by atoms with Crippen molar-refractivity contribution < 1.29 is 0 Å². The Morgan fingerprint density at radius 3 is 2.93 bits per heavy atom. The second kappa shape index (κ2) is 5.91. The van der Waals surface area contributed by atoms with Gasteiger partial charge < -0.3 is 5.32 Å². The molecule has 0 aliphatic carbocycles. The molecular formula is C11H18N2S. The maximum atomic E-state index is 4.27. The first kappa shape index (κ1) is 11.4. The molecule has 78 valence electrons. The van der Waals surface area contributed by atoms with Gasteiger partial charge in [-0.15, -0.1) is 0 Å². The van der Waals surface area contributed by atoms with Crippen molar-refractivity contribution in [2.45, 2.75) is 32.6 Å². The van der Waals surface area contributed by atoms with Crippen LogP contribution in [0.25, 0.3) is 0 Å². The van der Waals surface area contributed by atoms with E-state index in [1.165, 1.54) is 5.56 Å². The average Bonchev–Trinajstić information content (AvgIpc) is 2.14. The van der Waals surface area contributed by atoms with Gasteiger partial charge in [0.15, 0.2) is 0 Å². The molecule has 0 bridgehead atoms. The molecule has 0 spiro atoms. The molecule has 0 fully saturated rings. The molecule has 1 heterocycles. The molecule has 0 amide bonds. The molecule has 0 radical (unpaired) electrons. The van der Waals surface area contributed by atoms with E-state index in [4.69, 9.17) is 0 Å². The Kier molecular flexibility index (Phi) is 4.80. The van der Waals surface area contributed by atoms with E-state index in [0.29, 0.717) is 6.04 Å². The van der Waals surface area contributed by atoms with Gasteiger partial charge in [-0.3, -0.25) is 0 Å². The van der Waals surface area contributed by atoms with Crippen LogP contribution in [0.1, 0.15) is 26.3 Å². The lowest BCUT2D eigenvalue weighted by Crippen LogP contribution is -2.10. The maximum Gasteiger partial charge on any atom is 0.126 e. The molecule has 3 heteroatoms. The first-order valence-electron chi connectivity index (χ1n) is 5.01. The topological polar surface area (TPSA) is 24.9 Å². The summed E-state index contributed by atoms with van der Waals surface area (Å²) in [6.07, 6.45) is 1.87. The number of rotatable bonds is 5. The van der Waals surface area contributed by atoms with Crippen LogP contribution < -0.4 is 5.32 Å². The standard InChI is InChI=1S/C11H18N2S/c1-4-14-8-10-5-6-12-11(7-10)13-9(2)3/h5-7,9H,4,8H2,1-3H3,(H,12,13). The quantitative estimate of drug-likeness (QED) is 0.808. The smallest absolute Gasteiger partial charge is 0.126 e. The first-order chi connectivity index (χ1) is 6.72. The van der Waals surface area contributed by atoms with Gasteiger partial charge in [0.05, 0.1) is 0 Å². The van der Waals surface area contributed by atoms with Crippen LogP contribution in [0.3, 0.4) is 0 Å². The van der Waals surface area contributed by atoms with E-state index in [2.05, 4.69) is 43.2 Å². The molecule has 0 aromatic carbocycles. The monoisotopic (exact) mass is 210 g/mol. The number of aromatic nitrogens is 1. The molecule has 1 rings (SSSR count). The van der Waals surface area contributed by atoms with E-state index in [1.807, 2.05) is 18.0 Å². The minimum atomic E-state index is 0.441. The van der Waals surface area contributed by atoms with Crippen LogP contribution in [0.15, 0.2) is 18.3 Å². The van der Waals surface area contributed by atoms with E-state index in [9.17, 15) is 0 Å². The number of nitrogens with zero attached hydrogens (tertiary/aromatic N) is 1. The van der Waals surface area contributed by atoms with E-state index >= 15 is 0 Å². The van der Waals surface area contributed by atoms with Crippen molar-refractivity contribution in [1.29, 1.82) is 0 Å². The van der Waals surface area contributed by atoms with Gasteiger partial charge in [0, 0.05) is 18.0 Å². The summed E-state index contributed by atoms with van der Waals surface area (Å²) in [6.45, 7) is 6.42. The fraction of sp³-hybridized carbons (Fsp3) is 0.545. The van der Waals surface area contributed by atoms with Crippen molar-refractivity contribution >= 4 is 17.6 Å². The highest BCUT2D eigenvalue weighted by Gasteiger charge is 1.98. The van der Waals surface area contributed by atoms with Crippen molar-refractivity contribution in [2.75, 3.05) is 11.1 Å². The fourth-order valence-corrected chi connectivity index (χ4v) is 1.78. The SMILES string of the molecule is CCSCc1ccnc(NC(C)C)c1. The summed E-state index contributed by atoms with van der Waals surface area (Å²) < 4.78 is 0. The van der Waals surface area contributed by atoms with Crippen LogP contribution in [0, 0.1) is 0 Å². The van der Waals surface area contributed by atoms with Crippen LogP contribution in [-0.2, 0) is 5.75 Å². The molecule has 1 aromatic heterocycles. The molecule has 1 N–H and O–H groups in total. The maximum absolute atomic E-state index is 4.27. The number of hydrogen-bond acceptors (Lipinski definition) is 3. The summed E-state index contributed by atoms with van der Waals surface area (Å²) >= 11 is 1.93. The molecule has 14 heavy (non-hydrogen) atoms. The van der Waals surface area contributed by atoms with Gasteiger partial charge in [0.1, 0.15) is 5.82 Å². The Morgan fingerprint density at radius 2 is 2.29 bits per heavy atom. The Labute approximate surface area is 90.5 Å². The van der Waals surface area contributed by atoms with Gasteiger partial charge in [-0.2, -0.15) is 11.8 Å². The molecule has 0 saturated carbocycles. The first-order valence-corrected chi connectivity index (χ1v) is 6.17. The third-order valence-electron chi connectivity index (χ3n) is 1.73. The summed E-state index contributed by atoms with van der Waals surface area (Å²) in [4.78, 5) is 4.27. The molecule has 0 aliphatic rings. The molecule has 0 aliphatic heterocycles.